The predicted molar refractivity (Wildman–Crippen MR) is 100 cm³/mol. The largest absolute Gasteiger partial charge is 0.386 e. The van der Waals surface area contributed by atoms with Gasteiger partial charge in [-0.05, 0) is 45.3 Å². The van der Waals surface area contributed by atoms with E-state index in [9.17, 15) is 8.78 Å². The van der Waals surface area contributed by atoms with Crippen molar-refractivity contribution in [3.63, 3.8) is 0 Å². The molecular formula is C17H17BrF2N6O. The highest BCUT2D eigenvalue weighted by Gasteiger charge is 2.45. The van der Waals surface area contributed by atoms with E-state index in [1.54, 1.807) is 7.05 Å². The van der Waals surface area contributed by atoms with E-state index in [1.807, 2.05) is 19.1 Å². The molecule has 1 aliphatic carbocycles. The van der Waals surface area contributed by atoms with Crippen molar-refractivity contribution in [3.8, 4) is 0 Å². The lowest BCUT2D eigenvalue weighted by atomic mass is 9.88. The van der Waals surface area contributed by atoms with Crippen LogP contribution in [-0.4, -0.2) is 39.3 Å². The average molecular weight is 439 g/mol. The van der Waals surface area contributed by atoms with Crippen LogP contribution in [0.25, 0.3) is 11.2 Å². The number of hydrogen-bond donors (Lipinski definition) is 2. The van der Waals surface area contributed by atoms with Gasteiger partial charge in [0.25, 0.3) is 5.92 Å². The van der Waals surface area contributed by atoms with Crippen LogP contribution in [0.4, 0.5) is 20.3 Å². The molecule has 0 amide bonds. The van der Waals surface area contributed by atoms with Crippen molar-refractivity contribution in [2.24, 2.45) is 0 Å². The van der Waals surface area contributed by atoms with Crippen LogP contribution in [0.2, 0.25) is 0 Å². The molecule has 0 radical (unpaired) electrons. The zero-order valence-electron chi connectivity index (χ0n) is 14.7. The first-order valence-corrected chi connectivity index (χ1v) is 9.25. The maximum absolute atomic E-state index is 13.1. The summed E-state index contributed by atoms with van der Waals surface area (Å²) >= 11 is 3.43. The standard InChI is InChI=1S/C17H17BrF2N6O/c1-8-11(13(21-2)14-16(22-8)26-27-25-14)5-9-3-4-12(18)15(23-9)24-10-6-17(19,20)7-10/h3-4,10,21H,5-7H2,1-2H3,(H,23,24). The zero-order chi connectivity index (χ0) is 19.2. The van der Waals surface area contributed by atoms with E-state index in [0.29, 0.717) is 23.4 Å². The molecule has 3 heterocycles. The highest BCUT2D eigenvalue weighted by atomic mass is 79.9. The van der Waals surface area contributed by atoms with Gasteiger partial charge < -0.3 is 10.6 Å². The molecule has 0 aromatic carbocycles. The van der Waals surface area contributed by atoms with Crippen LogP contribution in [0, 0.1) is 6.92 Å². The van der Waals surface area contributed by atoms with Gasteiger partial charge in [-0.2, -0.15) is 0 Å². The fourth-order valence-electron chi connectivity index (χ4n) is 3.27. The van der Waals surface area contributed by atoms with Crippen LogP contribution in [0.3, 0.4) is 0 Å². The highest BCUT2D eigenvalue weighted by molar-refractivity contribution is 9.10. The summed E-state index contributed by atoms with van der Waals surface area (Å²) in [5.74, 6) is -2.01. The fourth-order valence-corrected chi connectivity index (χ4v) is 3.61. The van der Waals surface area contributed by atoms with E-state index < -0.39 is 5.92 Å². The summed E-state index contributed by atoms with van der Waals surface area (Å²) in [5, 5.41) is 13.9. The number of nitrogens with zero attached hydrogens (tertiary/aromatic N) is 4. The Balaban J connectivity index is 1.62. The lowest BCUT2D eigenvalue weighted by Crippen LogP contribution is -2.44. The second kappa shape index (κ2) is 6.66. The lowest BCUT2D eigenvalue weighted by Gasteiger charge is -2.35. The normalized spacial score (nSPS) is 16.3. The number of hydrogen-bond acceptors (Lipinski definition) is 7. The number of nitrogens with one attached hydrogen (secondary N) is 2. The summed E-state index contributed by atoms with van der Waals surface area (Å²) in [6, 6.07) is 3.47. The Hall–Kier alpha value is -2.36. The highest BCUT2D eigenvalue weighted by Crippen LogP contribution is 2.39. The topological polar surface area (TPSA) is 88.8 Å². The van der Waals surface area contributed by atoms with E-state index in [1.165, 1.54) is 0 Å². The first-order chi connectivity index (χ1) is 12.9. The maximum Gasteiger partial charge on any atom is 0.252 e. The van der Waals surface area contributed by atoms with Crippen LogP contribution in [0.5, 0.6) is 0 Å². The van der Waals surface area contributed by atoms with Crippen molar-refractivity contribution in [3.05, 3.63) is 33.6 Å². The number of fused-ring (bicyclic) bond motifs is 1. The molecule has 10 heteroatoms. The molecule has 142 valence electrons. The number of pyridine rings is 2. The minimum Gasteiger partial charge on any atom is -0.386 e. The molecule has 27 heavy (non-hydrogen) atoms. The van der Waals surface area contributed by atoms with Gasteiger partial charge in [0, 0.05) is 49.3 Å². The van der Waals surface area contributed by atoms with Crippen LogP contribution in [0.1, 0.15) is 29.8 Å². The molecule has 1 aliphatic rings. The predicted octanol–water partition coefficient (Wildman–Crippen LogP) is 3.93. The van der Waals surface area contributed by atoms with E-state index in [0.717, 1.165) is 27.1 Å². The van der Waals surface area contributed by atoms with Gasteiger partial charge in [-0.1, -0.05) is 0 Å². The van der Waals surface area contributed by atoms with E-state index in [-0.39, 0.29) is 18.9 Å². The Labute approximate surface area is 162 Å². The molecule has 4 rings (SSSR count). The second-order valence-electron chi connectivity index (χ2n) is 6.65. The number of aromatic nitrogens is 4. The van der Waals surface area contributed by atoms with Crippen LogP contribution in [0.15, 0.2) is 21.2 Å². The monoisotopic (exact) mass is 438 g/mol. The molecule has 0 atom stereocenters. The summed E-state index contributed by atoms with van der Waals surface area (Å²) in [5.41, 5.74) is 4.29. The Morgan fingerprint density at radius 3 is 2.74 bits per heavy atom. The van der Waals surface area contributed by atoms with Crippen molar-refractivity contribution in [1.29, 1.82) is 0 Å². The van der Waals surface area contributed by atoms with E-state index >= 15 is 0 Å². The van der Waals surface area contributed by atoms with Crippen molar-refractivity contribution >= 4 is 38.6 Å². The van der Waals surface area contributed by atoms with Gasteiger partial charge in [0.05, 0.1) is 10.2 Å². The van der Waals surface area contributed by atoms with Gasteiger partial charge in [-0.25, -0.2) is 23.4 Å². The number of anilines is 2. The maximum atomic E-state index is 13.1. The first kappa shape index (κ1) is 18.0. The Kier molecular flexibility index (Phi) is 4.45. The summed E-state index contributed by atoms with van der Waals surface area (Å²) in [7, 11) is 1.80. The molecule has 1 fully saturated rings. The van der Waals surface area contributed by atoms with Crippen molar-refractivity contribution in [2.45, 2.75) is 38.2 Å². The Bertz CT molecular complexity index is 1000. The van der Waals surface area contributed by atoms with Gasteiger partial charge in [-0.3, -0.25) is 0 Å². The average Bonchev–Trinajstić information content (AvgIpc) is 3.04. The summed E-state index contributed by atoms with van der Waals surface area (Å²) < 4.78 is 31.7. The molecule has 7 nitrogen and oxygen atoms in total. The van der Waals surface area contributed by atoms with Crippen molar-refractivity contribution < 1.29 is 13.4 Å². The van der Waals surface area contributed by atoms with Crippen LogP contribution < -0.4 is 10.6 Å². The third-order valence-corrected chi connectivity index (χ3v) is 5.30. The van der Waals surface area contributed by atoms with E-state index in [2.05, 4.69) is 46.8 Å². The van der Waals surface area contributed by atoms with Gasteiger partial charge >= 0.3 is 0 Å². The summed E-state index contributed by atoms with van der Waals surface area (Å²) in [6.45, 7) is 1.89. The minimum absolute atomic E-state index is 0.173. The second-order valence-corrected chi connectivity index (χ2v) is 7.51. The molecule has 0 unspecified atom stereocenters. The number of aryl methyl sites for hydroxylation is 1. The third-order valence-electron chi connectivity index (χ3n) is 4.66. The summed E-state index contributed by atoms with van der Waals surface area (Å²) in [4.78, 5) is 9.03. The fraction of sp³-hybridized carbons (Fsp3) is 0.412. The molecule has 3 aromatic heterocycles. The molecule has 0 aliphatic heterocycles. The molecule has 3 aromatic rings. The molecule has 0 saturated heterocycles. The lowest BCUT2D eigenvalue weighted by molar-refractivity contribution is -0.0794. The Morgan fingerprint density at radius 2 is 2.04 bits per heavy atom. The van der Waals surface area contributed by atoms with Gasteiger partial charge in [0.2, 0.25) is 5.65 Å². The quantitative estimate of drug-likeness (QED) is 0.623. The molecule has 0 spiro atoms. The zero-order valence-corrected chi connectivity index (χ0v) is 16.3. The smallest absolute Gasteiger partial charge is 0.252 e. The number of alkyl halides is 2. The number of rotatable bonds is 5. The van der Waals surface area contributed by atoms with Gasteiger partial charge in [-0.15, -0.1) is 0 Å². The molecule has 2 N–H and O–H groups in total. The van der Waals surface area contributed by atoms with Crippen LogP contribution in [-0.2, 0) is 6.42 Å². The van der Waals surface area contributed by atoms with E-state index in [4.69, 9.17) is 4.63 Å². The Morgan fingerprint density at radius 1 is 1.26 bits per heavy atom. The van der Waals surface area contributed by atoms with Gasteiger partial charge in [0.15, 0.2) is 5.52 Å². The van der Waals surface area contributed by atoms with Crippen molar-refractivity contribution in [1.82, 2.24) is 20.3 Å². The summed E-state index contributed by atoms with van der Waals surface area (Å²) in [6.07, 6.45) is 0.156. The first-order valence-electron chi connectivity index (χ1n) is 8.45. The third kappa shape index (κ3) is 3.45. The van der Waals surface area contributed by atoms with Gasteiger partial charge in [0.1, 0.15) is 5.82 Å². The number of halogens is 3. The van der Waals surface area contributed by atoms with Crippen LogP contribution >= 0.6 is 15.9 Å². The molecular weight excluding hydrogens is 422 g/mol. The molecule has 0 bridgehead atoms. The minimum atomic E-state index is -2.58. The molecule has 1 saturated carbocycles. The SMILES string of the molecule is CNc1c(Cc2ccc(Br)c(NC3CC(F)(F)C3)n2)c(C)nc2nonc12. The van der Waals surface area contributed by atoms with Crippen molar-refractivity contribution in [2.75, 3.05) is 17.7 Å².